The van der Waals surface area contributed by atoms with Gasteiger partial charge in [0.2, 0.25) is 0 Å². The molecule has 0 saturated heterocycles. The van der Waals surface area contributed by atoms with Gasteiger partial charge in [-0.05, 0) is 42.0 Å². The molecule has 0 fully saturated rings. The predicted octanol–water partition coefficient (Wildman–Crippen LogP) is 3.81. The number of carboxylic acids is 1. The Labute approximate surface area is 144 Å². The van der Waals surface area contributed by atoms with Gasteiger partial charge in [0.05, 0.1) is 0 Å². The maximum Gasteiger partial charge on any atom is 0.321 e. The van der Waals surface area contributed by atoms with Crippen molar-refractivity contribution in [3.05, 3.63) is 69.7 Å². The normalized spacial score (nSPS) is 11.9. The number of benzene rings is 2. The molecule has 0 aromatic heterocycles. The second-order valence-corrected chi connectivity index (χ2v) is 5.91. The Balaban J connectivity index is 1.98. The summed E-state index contributed by atoms with van der Waals surface area (Å²) in [6.45, 7) is 0.335. The molecule has 0 spiro atoms. The standard InChI is InChI=1S/C17H15Cl2NO3/c18-13-5-1-11(2-6-13)10-20-15(17(22)23)9-16(21)12-3-7-14(19)8-4-12/h1-8,15,20H,9-10H2,(H,22,23)/t15-/m1/s1. The summed E-state index contributed by atoms with van der Waals surface area (Å²) in [5.41, 5.74) is 1.33. The first-order valence-electron chi connectivity index (χ1n) is 6.95. The average Bonchev–Trinajstić information content (AvgIpc) is 2.53. The summed E-state index contributed by atoms with van der Waals surface area (Å²) < 4.78 is 0. The summed E-state index contributed by atoms with van der Waals surface area (Å²) in [6, 6.07) is 12.5. The highest BCUT2D eigenvalue weighted by Crippen LogP contribution is 2.13. The van der Waals surface area contributed by atoms with Crippen LogP contribution < -0.4 is 5.32 Å². The van der Waals surface area contributed by atoms with Crippen molar-refractivity contribution in [1.29, 1.82) is 0 Å². The van der Waals surface area contributed by atoms with Gasteiger partial charge in [-0.15, -0.1) is 0 Å². The van der Waals surface area contributed by atoms with Gasteiger partial charge in [0.25, 0.3) is 0 Å². The Bertz CT molecular complexity index is 684. The van der Waals surface area contributed by atoms with Crippen molar-refractivity contribution in [1.82, 2.24) is 5.32 Å². The summed E-state index contributed by atoms with van der Waals surface area (Å²) in [6.07, 6.45) is -0.134. The van der Waals surface area contributed by atoms with Crippen LogP contribution in [0.3, 0.4) is 0 Å². The van der Waals surface area contributed by atoms with Gasteiger partial charge in [-0.1, -0.05) is 35.3 Å². The summed E-state index contributed by atoms with van der Waals surface area (Å²) >= 11 is 11.6. The Morgan fingerprint density at radius 3 is 2.00 bits per heavy atom. The lowest BCUT2D eigenvalue weighted by Crippen LogP contribution is -2.38. The smallest absolute Gasteiger partial charge is 0.321 e. The molecule has 0 aliphatic heterocycles. The number of hydrogen-bond acceptors (Lipinski definition) is 3. The van der Waals surface area contributed by atoms with E-state index >= 15 is 0 Å². The van der Waals surface area contributed by atoms with Gasteiger partial charge in [-0.2, -0.15) is 0 Å². The van der Waals surface area contributed by atoms with E-state index in [2.05, 4.69) is 5.32 Å². The first kappa shape index (κ1) is 17.5. The first-order chi connectivity index (χ1) is 11.0. The minimum Gasteiger partial charge on any atom is -0.480 e. The van der Waals surface area contributed by atoms with Crippen molar-refractivity contribution in [3.63, 3.8) is 0 Å². The molecule has 0 amide bonds. The number of Topliss-reactive ketones (excluding diaryl/α,β-unsaturated/α-hetero) is 1. The second-order valence-electron chi connectivity index (χ2n) is 5.03. The zero-order valence-electron chi connectivity index (χ0n) is 12.1. The quantitative estimate of drug-likeness (QED) is 0.744. The van der Waals surface area contributed by atoms with Gasteiger partial charge in [0, 0.05) is 28.6 Å². The van der Waals surface area contributed by atoms with Crippen molar-refractivity contribution in [3.8, 4) is 0 Å². The van der Waals surface area contributed by atoms with E-state index in [4.69, 9.17) is 23.2 Å². The fraction of sp³-hybridized carbons (Fsp3) is 0.176. The largest absolute Gasteiger partial charge is 0.480 e. The molecule has 2 aromatic rings. The molecule has 2 N–H and O–H groups in total. The van der Waals surface area contributed by atoms with Crippen molar-refractivity contribution in [2.45, 2.75) is 19.0 Å². The van der Waals surface area contributed by atoms with Crippen molar-refractivity contribution in [2.24, 2.45) is 0 Å². The summed E-state index contributed by atoms with van der Waals surface area (Å²) in [4.78, 5) is 23.5. The van der Waals surface area contributed by atoms with Crippen LogP contribution in [-0.2, 0) is 11.3 Å². The van der Waals surface area contributed by atoms with Gasteiger partial charge in [0.1, 0.15) is 6.04 Å². The molecule has 0 radical (unpaired) electrons. The molecule has 0 saturated carbocycles. The molecule has 2 rings (SSSR count). The molecule has 6 heteroatoms. The zero-order chi connectivity index (χ0) is 16.8. The lowest BCUT2D eigenvalue weighted by Gasteiger charge is -2.14. The predicted molar refractivity (Wildman–Crippen MR) is 90.1 cm³/mol. The number of aliphatic carboxylic acids is 1. The van der Waals surface area contributed by atoms with Gasteiger partial charge < -0.3 is 5.11 Å². The van der Waals surface area contributed by atoms with E-state index in [0.29, 0.717) is 22.2 Å². The maximum absolute atomic E-state index is 12.2. The Morgan fingerprint density at radius 2 is 1.48 bits per heavy atom. The molecular weight excluding hydrogens is 337 g/mol. The number of halogens is 2. The summed E-state index contributed by atoms with van der Waals surface area (Å²) in [5.74, 6) is -1.32. The van der Waals surface area contributed by atoms with Gasteiger partial charge >= 0.3 is 5.97 Å². The number of carbonyl (C=O) groups excluding carboxylic acids is 1. The number of carboxylic acid groups (broad SMARTS) is 1. The van der Waals surface area contributed by atoms with Crippen LogP contribution in [0, 0.1) is 0 Å². The third-order valence-electron chi connectivity index (χ3n) is 3.32. The Hall–Kier alpha value is -1.88. The molecule has 23 heavy (non-hydrogen) atoms. The van der Waals surface area contributed by atoms with Crippen LogP contribution in [0.15, 0.2) is 48.5 Å². The average molecular weight is 352 g/mol. The molecule has 0 aliphatic carbocycles. The number of rotatable bonds is 7. The van der Waals surface area contributed by atoms with Crippen LogP contribution in [0.5, 0.6) is 0 Å². The topological polar surface area (TPSA) is 66.4 Å². The van der Waals surface area contributed by atoms with Crippen LogP contribution in [0.25, 0.3) is 0 Å². The van der Waals surface area contributed by atoms with Crippen molar-refractivity contribution in [2.75, 3.05) is 0 Å². The van der Waals surface area contributed by atoms with Crippen LogP contribution in [0.1, 0.15) is 22.3 Å². The molecule has 0 bridgehead atoms. The van der Waals surface area contributed by atoms with Crippen LogP contribution >= 0.6 is 23.2 Å². The second kappa shape index (κ2) is 8.11. The van der Waals surface area contributed by atoms with E-state index < -0.39 is 12.0 Å². The van der Waals surface area contributed by atoms with Gasteiger partial charge in [-0.3, -0.25) is 14.9 Å². The molecule has 4 nitrogen and oxygen atoms in total. The number of hydrogen-bond donors (Lipinski definition) is 2. The highest BCUT2D eigenvalue weighted by Gasteiger charge is 2.21. The number of carbonyl (C=O) groups is 2. The van der Waals surface area contributed by atoms with Crippen molar-refractivity contribution >= 4 is 35.0 Å². The number of ketones is 1. The van der Waals surface area contributed by atoms with E-state index in [0.717, 1.165) is 5.56 Å². The fourth-order valence-electron chi connectivity index (χ4n) is 2.03. The van der Waals surface area contributed by atoms with E-state index in [9.17, 15) is 14.7 Å². The lowest BCUT2D eigenvalue weighted by molar-refractivity contribution is -0.139. The monoisotopic (exact) mass is 351 g/mol. The minimum absolute atomic E-state index is 0.134. The van der Waals surface area contributed by atoms with Crippen molar-refractivity contribution < 1.29 is 14.7 Å². The van der Waals surface area contributed by atoms with E-state index in [1.54, 1.807) is 48.5 Å². The minimum atomic E-state index is -1.07. The molecule has 0 aliphatic rings. The highest BCUT2D eigenvalue weighted by molar-refractivity contribution is 6.30. The third kappa shape index (κ3) is 5.36. The molecule has 1 atom stereocenters. The Kier molecular flexibility index (Phi) is 6.16. The Morgan fingerprint density at radius 1 is 0.957 bits per heavy atom. The summed E-state index contributed by atoms with van der Waals surface area (Å²) in [7, 11) is 0. The molecule has 120 valence electrons. The SMILES string of the molecule is O=C(C[C@@H](NCc1ccc(Cl)cc1)C(=O)O)c1ccc(Cl)cc1. The summed E-state index contributed by atoms with van der Waals surface area (Å²) in [5, 5.41) is 13.3. The fourth-order valence-corrected chi connectivity index (χ4v) is 2.28. The van der Waals surface area contributed by atoms with Gasteiger partial charge in [-0.25, -0.2) is 0 Å². The highest BCUT2D eigenvalue weighted by atomic mass is 35.5. The van der Waals surface area contributed by atoms with Crippen LogP contribution in [0.2, 0.25) is 10.0 Å². The molecule has 0 heterocycles. The van der Waals surface area contributed by atoms with Crippen LogP contribution in [0.4, 0.5) is 0 Å². The van der Waals surface area contributed by atoms with E-state index in [1.807, 2.05) is 0 Å². The third-order valence-corrected chi connectivity index (χ3v) is 3.82. The lowest BCUT2D eigenvalue weighted by atomic mass is 10.0. The van der Waals surface area contributed by atoms with E-state index in [-0.39, 0.29) is 12.2 Å². The maximum atomic E-state index is 12.2. The molecule has 0 unspecified atom stereocenters. The van der Waals surface area contributed by atoms with E-state index in [1.165, 1.54) is 0 Å². The van der Waals surface area contributed by atoms with Gasteiger partial charge in [0.15, 0.2) is 5.78 Å². The number of nitrogens with one attached hydrogen (secondary N) is 1. The molecular formula is C17H15Cl2NO3. The van der Waals surface area contributed by atoms with Crippen LogP contribution in [-0.4, -0.2) is 22.9 Å². The first-order valence-corrected chi connectivity index (χ1v) is 7.70. The zero-order valence-corrected chi connectivity index (χ0v) is 13.6. The molecule has 2 aromatic carbocycles.